The van der Waals surface area contributed by atoms with Crippen LogP contribution in [0.5, 0.6) is 0 Å². The lowest BCUT2D eigenvalue weighted by Gasteiger charge is -2.09. The highest BCUT2D eigenvalue weighted by atomic mass is 19.1. The minimum absolute atomic E-state index is 0.231. The Balaban J connectivity index is 1.69. The molecule has 0 atom stereocenters. The molecule has 0 aliphatic heterocycles. The van der Waals surface area contributed by atoms with Crippen LogP contribution in [0, 0.1) is 5.82 Å². The second-order valence-electron chi connectivity index (χ2n) is 5.48. The van der Waals surface area contributed by atoms with Crippen LogP contribution in [0.3, 0.4) is 0 Å². The quantitative estimate of drug-likeness (QED) is 0.779. The lowest BCUT2D eigenvalue weighted by molar-refractivity contribution is 0.629. The number of para-hydroxylation sites is 1. The van der Waals surface area contributed by atoms with Crippen molar-refractivity contribution in [2.75, 3.05) is 5.32 Å². The van der Waals surface area contributed by atoms with Gasteiger partial charge in [-0.15, -0.1) is 0 Å². The van der Waals surface area contributed by atoms with Gasteiger partial charge in [0.25, 0.3) is 0 Å². The zero-order chi connectivity index (χ0) is 14.2. The Bertz CT molecular complexity index is 775. The molecule has 1 aromatic heterocycles. The van der Waals surface area contributed by atoms with E-state index in [0.29, 0.717) is 12.6 Å². The number of anilines is 1. The summed E-state index contributed by atoms with van der Waals surface area (Å²) in [5, 5.41) is 3.38. The molecule has 2 aromatic carbocycles. The van der Waals surface area contributed by atoms with Crippen LogP contribution in [-0.2, 0) is 6.54 Å². The number of hydrogen-bond acceptors (Lipinski definition) is 2. The van der Waals surface area contributed by atoms with Crippen LogP contribution in [0.15, 0.2) is 48.5 Å². The number of nitrogens with one attached hydrogen (secondary N) is 1. The molecule has 1 aliphatic rings. The molecule has 0 spiro atoms. The molecule has 3 nitrogen and oxygen atoms in total. The Kier molecular flexibility index (Phi) is 2.88. The first-order valence-electron chi connectivity index (χ1n) is 7.26. The molecular weight excluding hydrogens is 265 g/mol. The van der Waals surface area contributed by atoms with Crippen molar-refractivity contribution in [3.63, 3.8) is 0 Å². The first-order valence-corrected chi connectivity index (χ1v) is 7.26. The van der Waals surface area contributed by atoms with Gasteiger partial charge in [-0.1, -0.05) is 18.2 Å². The van der Waals surface area contributed by atoms with Crippen molar-refractivity contribution in [1.82, 2.24) is 9.55 Å². The summed E-state index contributed by atoms with van der Waals surface area (Å²) in [6.45, 7) is 0.650. The maximum absolute atomic E-state index is 13.4. The van der Waals surface area contributed by atoms with Crippen molar-refractivity contribution in [2.24, 2.45) is 0 Å². The van der Waals surface area contributed by atoms with Crippen LogP contribution in [-0.4, -0.2) is 9.55 Å². The molecule has 1 heterocycles. The van der Waals surface area contributed by atoms with Crippen LogP contribution in [0.25, 0.3) is 11.0 Å². The Morgan fingerprint density at radius 2 is 1.95 bits per heavy atom. The fourth-order valence-corrected chi connectivity index (χ4v) is 2.72. The van der Waals surface area contributed by atoms with Crippen molar-refractivity contribution in [3.8, 4) is 0 Å². The number of hydrogen-bond donors (Lipinski definition) is 1. The normalized spacial score (nSPS) is 14.5. The summed E-state index contributed by atoms with van der Waals surface area (Å²) in [6, 6.07) is 15.4. The minimum atomic E-state index is -0.231. The number of rotatable bonds is 4. The van der Waals surface area contributed by atoms with Gasteiger partial charge >= 0.3 is 0 Å². The molecule has 0 unspecified atom stereocenters. The highest BCUT2D eigenvalue weighted by Gasteiger charge is 2.28. The molecule has 4 rings (SSSR count). The molecule has 0 saturated heterocycles. The topological polar surface area (TPSA) is 29.9 Å². The largest absolute Gasteiger partial charge is 0.378 e. The average molecular weight is 281 g/mol. The molecule has 21 heavy (non-hydrogen) atoms. The monoisotopic (exact) mass is 281 g/mol. The van der Waals surface area contributed by atoms with Crippen molar-refractivity contribution >= 4 is 16.7 Å². The van der Waals surface area contributed by atoms with E-state index >= 15 is 0 Å². The first-order chi connectivity index (χ1) is 10.3. The molecule has 1 aliphatic carbocycles. The van der Waals surface area contributed by atoms with Crippen molar-refractivity contribution in [2.45, 2.75) is 25.4 Å². The van der Waals surface area contributed by atoms with Crippen molar-refractivity contribution in [3.05, 3.63) is 60.2 Å². The van der Waals surface area contributed by atoms with Gasteiger partial charge in [-0.2, -0.15) is 0 Å². The van der Waals surface area contributed by atoms with Gasteiger partial charge in [0, 0.05) is 17.8 Å². The van der Waals surface area contributed by atoms with Crippen LogP contribution in [0.1, 0.15) is 24.7 Å². The molecule has 0 amide bonds. The van der Waals surface area contributed by atoms with Crippen molar-refractivity contribution in [1.29, 1.82) is 0 Å². The predicted octanol–water partition coefficient (Wildman–Crippen LogP) is 4.12. The van der Waals surface area contributed by atoms with E-state index in [2.05, 4.69) is 14.9 Å². The molecule has 4 heteroatoms. The van der Waals surface area contributed by atoms with Crippen LogP contribution < -0.4 is 5.32 Å². The number of aromatic nitrogens is 2. The third-order valence-corrected chi connectivity index (χ3v) is 3.86. The number of fused-ring (bicyclic) bond motifs is 1. The van der Waals surface area contributed by atoms with E-state index in [-0.39, 0.29) is 5.82 Å². The molecule has 0 radical (unpaired) electrons. The van der Waals surface area contributed by atoms with E-state index in [9.17, 15) is 4.39 Å². The second kappa shape index (κ2) is 4.88. The number of imidazole rings is 1. The SMILES string of the molecule is Fc1ccc2c(c1)nc(CNc1ccccc1)n2C1CC1. The van der Waals surface area contributed by atoms with Gasteiger partial charge in [0.2, 0.25) is 0 Å². The molecule has 1 N–H and O–H groups in total. The van der Waals surface area contributed by atoms with Crippen LogP contribution >= 0.6 is 0 Å². The van der Waals surface area contributed by atoms with Crippen LogP contribution in [0.4, 0.5) is 10.1 Å². The first kappa shape index (κ1) is 12.4. The summed E-state index contributed by atoms with van der Waals surface area (Å²) >= 11 is 0. The zero-order valence-electron chi connectivity index (χ0n) is 11.6. The highest BCUT2D eigenvalue weighted by Crippen LogP contribution is 2.38. The molecule has 3 aromatic rings. The lowest BCUT2D eigenvalue weighted by atomic mass is 10.3. The summed E-state index contributed by atoms with van der Waals surface area (Å²) in [6.07, 6.45) is 2.36. The number of nitrogens with zero attached hydrogens (tertiary/aromatic N) is 2. The number of halogens is 1. The Morgan fingerprint density at radius 3 is 2.71 bits per heavy atom. The van der Waals surface area contributed by atoms with E-state index in [1.165, 1.54) is 25.0 Å². The van der Waals surface area contributed by atoms with E-state index in [0.717, 1.165) is 22.5 Å². The summed E-state index contributed by atoms with van der Waals surface area (Å²) in [5.74, 6) is 0.743. The Labute approximate surface area is 122 Å². The highest BCUT2D eigenvalue weighted by molar-refractivity contribution is 5.76. The molecule has 106 valence electrons. The van der Waals surface area contributed by atoms with Crippen molar-refractivity contribution < 1.29 is 4.39 Å². The zero-order valence-corrected chi connectivity index (χ0v) is 11.6. The Morgan fingerprint density at radius 1 is 1.14 bits per heavy atom. The van der Waals surface area contributed by atoms with Gasteiger partial charge in [-0.05, 0) is 37.1 Å². The van der Waals surface area contributed by atoms with Gasteiger partial charge in [0.05, 0.1) is 17.6 Å². The fourth-order valence-electron chi connectivity index (χ4n) is 2.72. The summed E-state index contributed by atoms with van der Waals surface area (Å²) in [4.78, 5) is 4.61. The maximum atomic E-state index is 13.4. The smallest absolute Gasteiger partial charge is 0.129 e. The third kappa shape index (κ3) is 2.37. The second-order valence-corrected chi connectivity index (χ2v) is 5.48. The Hall–Kier alpha value is -2.36. The van der Waals surface area contributed by atoms with E-state index in [1.54, 1.807) is 0 Å². The van der Waals surface area contributed by atoms with Gasteiger partial charge < -0.3 is 9.88 Å². The van der Waals surface area contributed by atoms with Gasteiger partial charge in [0.1, 0.15) is 11.6 Å². The van der Waals surface area contributed by atoms with Gasteiger partial charge in [-0.25, -0.2) is 9.37 Å². The van der Waals surface area contributed by atoms with Gasteiger partial charge in [0.15, 0.2) is 0 Å². The van der Waals surface area contributed by atoms with Crippen LogP contribution in [0.2, 0.25) is 0 Å². The van der Waals surface area contributed by atoms with E-state index in [1.807, 2.05) is 36.4 Å². The van der Waals surface area contributed by atoms with E-state index in [4.69, 9.17) is 0 Å². The predicted molar refractivity (Wildman–Crippen MR) is 81.7 cm³/mol. The lowest BCUT2D eigenvalue weighted by Crippen LogP contribution is -2.07. The standard InChI is InChI=1S/C17H16FN3/c18-12-6-9-16-15(10-12)20-17(21(16)14-7-8-14)11-19-13-4-2-1-3-5-13/h1-6,9-10,14,19H,7-8,11H2. The maximum Gasteiger partial charge on any atom is 0.129 e. The molecule has 0 bridgehead atoms. The molecular formula is C17H16FN3. The minimum Gasteiger partial charge on any atom is -0.378 e. The molecule has 1 fully saturated rings. The summed E-state index contributed by atoms with van der Waals surface area (Å²) < 4.78 is 15.6. The fraction of sp³-hybridized carbons (Fsp3) is 0.235. The summed E-state index contributed by atoms with van der Waals surface area (Å²) in [7, 11) is 0. The molecule has 1 saturated carbocycles. The number of benzene rings is 2. The van der Waals surface area contributed by atoms with Gasteiger partial charge in [-0.3, -0.25) is 0 Å². The third-order valence-electron chi connectivity index (χ3n) is 3.86. The average Bonchev–Trinajstić information content (AvgIpc) is 3.27. The van der Waals surface area contributed by atoms with E-state index < -0.39 is 0 Å². The summed E-state index contributed by atoms with van der Waals surface area (Å²) in [5.41, 5.74) is 2.84.